The molecule has 2 aromatic heterocycles. The summed E-state index contributed by atoms with van der Waals surface area (Å²) in [6.45, 7) is 4.07. The smallest absolute Gasteiger partial charge is 0.290 e. The van der Waals surface area contributed by atoms with Gasteiger partial charge in [0.15, 0.2) is 5.75 Å². The van der Waals surface area contributed by atoms with E-state index in [2.05, 4.69) is 15.3 Å². The Hall–Kier alpha value is -3.55. The van der Waals surface area contributed by atoms with Gasteiger partial charge in [-0.05, 0) is 43.7 Å². The number of hydrogen-bond acceptors (Lipinski definition) is 5. The zero-order valence-corrected chi connectivity index (χ0v) is 16.4. The van der Waals surface area contributed by atoms with Gasteiger partial charge in [0.1, 0.15) is 17.2 Å². The third kappa shape index (κ3) is 3.34. The Morgan fingerprint density at radius 1 is 1.13 bits per heavy atom. The Kier molecular flexibility index (Phi) is 5.07. The SMILES string of the molecule is CCOc1cc(C2=N[C@](c3ccc(F)cc3)(c3ccc(F)nc3)[C@H](C)N2)c[nH]c1=O. The van der Waals surface area contributed by atoms with Gasteiger partial charge in [0.25, 0.3) is 5.56 Å². The van der Waals surface area contributed by atoms with Crippen LogP contribution in [0.3, 0.4) is 0 Å². The number of ether oxygens (including phenoxy) is 1. The van der Waals surface area contributed by atoms with E-state index in [1.165, 1.54) is 24.4 Å². The van der Waals surface area contributed by atoms with Gasteiger partial charge in [0.05, 0.1) is 12.6 Å². The van der Waals surface area contributed by atoms with Gasteiger partial charge in [-0.1, -0.05) is 18.2 Å². The molecule has 0 saturated carbocycles. The highest BCUT2D eigenvalue weighted by Crippen LogP contribution is 2.40. The molecule has 3 aromatic rings. The van der Waals surface area contributed by atoms with E-state index in [1.54, 1.807) is 37.4 Å². The molecule has 0 bridgehead atoms. The number of hydrogen-bond donors (Lipinski definition) is 2. The molecule has 6 nitrogen and oxygen atoms in total. The molecular formula is C22H20F2N4O2. The molecule has 0 spiro atoms. The average Bonchev–Trinajstić information content (AvgIpc) is 3.09. The first kappa shape index (κ1) is 19.8. The highest BCUT2D eigenvalue weighted by molar-refractivity contribution is 6.01. The van der Waals surface area contributed by atoms with Crippen LogP contribution in [0.5, 0.6) is 5.75 Å². The molecule has 2 atom stereocenters. The van der Waals surface area contributed by atoms with E-state index >= 15 is 0 Å². The summed E-state index contributed by atoms with van der Waals surface area (Å²) < 4.78 is 32.5. The lowest BCUT2D eigenvalue weighted by atomic mass is 9.79. The quantitative estimate of drug-likeness (QED) is 0.634. The third-order valence-electron chi connectivity index (χ3n) is 5.16. The number of aromatic nitrogens is 2. The molecule has 8 heteroatoms. The highest BCUT2D eigenvalue weighted by atomic mass is 19.1. The monoisotopic (exact) mass is 410 g/mol. The van der Waals surface area contributed by atoms with E-state index in [0.29, 0.717) is 23.6 Å². The Morgan fingerprint density at radius 3 is 2.53 bits per heavy atom. The average molecular weight is 410 g/mol. The number of nitrogens with one attached hydrogen (secondary N) is 2. The summed E-state index contributed by atoms with van der Waals surface area (Å²) in [5.41, 5.74) is 0.705. The zero-order valence-electron chi connectivity index (χ0n) is 16.4. The topological polar surface area (TPSA) is 79.4 Å². The molecule has 0 radical (unpaired) electrons. The molecule has 1 aromatic carbocycles. The molecule has 0 amide bonds. The van der Waals surface area contributed by atoms with Crippen molar-refractivity contribution in [3.8, 4) is 5.75 Å². The van der Waals surface area contributed by atoms with Gasteiger partial charge >= 0.3 is 0 Å². The van der Waals surface area contributed by atoms with Crippen LogP contribution in [0, 0.1) is 11.8 Å². The van der Waals surface area contributed by atoms with E-state index < -0.39 is 11.5 Å². The first-order chi connectivity index (χ1) is 14.4. The molecular weight excluding hydrogens is 390 g/mol. The number of aromatic amines is 1. The van der Waals surface area contributed by atoms with Crippen molar-refractivity contribution >= 4 is 5.84 Å². The van der Waals surface area contributed by atoms with Crippen LogP contribution in [-0.4, -0.2) is 28.5 Å². The molecule has 0 fully saturated rings. The number of rotatable bonds is 5. The first-order valence-corrected chi connectivity index (χ1v) is 9.54. The summed E-state index contributed by atoms with van der Waals surface area (Å²) >= 11 is 0. The van der Waals surface area contributed by atoms with Crippen molar-refractivity contribution in [1.82, 2.24) is 15.3 Å². The fourth-order valence-electron chi connectivity index (χ4n) is 3.73. The van der Waals surface area contributed by atoms with Crippen molar-refractivity contribution in [3.63, 3.8) is 0 Å². The number of H-pyrrole nitrogens is 1. The van der Waals surface area contributed by atoms with Gasteiger partial charge in [-0.2, -0.15) is 4.39 Å². The summed E-state index contributed by atoms with van der Waals surface area (Å²) in [5.74, 6) is -0.253. The molecule has 0 unspecified atom stereocenters. The van der Waals surface area contributed by atoms with Crippen LogP contribution in [0.25, 0.3) is 0 Å². The maximum absolute atomic E-state index is 13.6. The van der Waals surface area contributed by atoms with Gasteiger partial charge in [-0.25, -0.2) is 14.4 Å². The molecule has 3 heterocycles. The van der Waals surface area contributed by atoms with Crippen molar-refractivity contribution in [1.29, 1.82) is 0 Å². The second-order valence-corrected chi connectivity index (χ2v) is 6.98. The molecule has 1 aliphatic rings. The zero-order chi connectivity index (χ0) is 21.3. The second-order valence-electron chi connectivity index (χ2n) is 6.98. The minimum absolute atomic E-state index is 0.190. The van der Waals surface area contributed by atoms with E-state index in [4.69, 9.17) is 9.73 Å². The normalized spacial score (nSPS) is 20.5. The third-order valence-corrected chi connectivity index (χ3v) is 5.16. The Bertz CT molecular complexity index is 1100. The highest BCUT2D eigenvalue weighted by Gasteiger charge is 2.45. The van der Waals surface area contributed by atoms with Crippen molar-refractivity contribution < 1.29 is 13.5 Å². The Labute approximate surface area is 171 Å². The van der Waals surface area contributed by atoms with E-state index in [9.17, 15) is 13.6 Å². The fourth-order valence-corrected chi connectivity index (χ4v) is 3.73. The first-order valence-electron chi connectivity index (χ1n) is 9.54. The van der Waals surface area contributed by atoms with E-state index in [-0.39, 0.29) is 23.2 Å². The van der Waals surface area contributed by atoms with Crippen LogP contribution < -0.4 is 15.6 Å². The molecule has 0 saturated heterocycles. The van der Waals surface area contributed by atoms with Crippen molar-refractivity contribution in [2.24, 2.45) is 4.99 Å². The van der Waals surface area contributed by atoms with Gasteiger partial charge in [0.2, 0.25) is 5.95 Å². The van der Waals surface area contributed by atoms with Crippen molar-refractivity contribution in [3.05, 3.63) is 93.7 Å². The lowest BCUT2D eigenvalue weighted by molar-refractivity contribution is 0.335. The van der Waals surface area contributed by atoms with Crippen molar-refractivity contribution in [2.75, 3.05) is 6.61 Å². The molecule has 0 aliphatic carbocycles. The lowest BCUT2D eigenvalue weighted by Crippen LogP contribution is -2.41. The minimum Gasteiger partial charge on any atom is -0.488 e. The maximum Gasteiger partial charge on any atom is 0.290 e. The van der Waals surface area contributed by atoms with Crippen LogP contribution in [0.4, 0.5) is 8.78 Å². The maximum atomic E-state index is 13.6. The predicted octanol–water partition coefficient (Wildman–Crippen LogP) is 3.13. The van der Waals surface area contributed by atoms with E-state index in [0.717, 1.165) is 5.56 Å². The largest absolute Gasteiger partial charge is 0.488 e. The fraction of sp³-hybridized carbons (Fsp3) is 0.227. The van der Waals surface area contributed by atoms with Crippen molar-refractivity contribution in [2.45, 2.75) is 25.4 Å². The Morgan fingerprint density at radius 2 is 1.87 bits per heavy atom. The second kappa shape index (κ2) is 7.70. The lowest BCUT2D eigenvalue weighted by Gasteiger charge is -2.31. The van der Waals surface area contributed by atoms with Crippen LogP contribution in [0.2, 0.25) is 0 Å². The number of aliphatic imine (C=N–C) groups is 1. The van der Waals surface area contributed by atoms with E-state index in [1.807, 2.05) is 6.92 Å². The summed E-state index contributed by atoms with van der Waals surface area (Å²) in [5, 5.41) is 3.33. The molecule has 2 N–H and O–H groups in total. The number of benzene rings is 1. The molecule has 154 valence electrons. The van der Waals surface area contributed by atoms with Gasteiger partial charge < -0.3 is 15.0 Å². The van der Waals surface area contributed by atoms with Crippen LogP contribution in [0.1, 0.15) is 30.5 Å². The summed E-state index contributed by atoms with van der Waals surface area (Å²) in [4.78, 5) is 23.3. The number of amidine groups is 1. The predicted molar refractivity (Wildman–Crippen MR) is 109 cm³/mol. The summed E-state index contributed by atoms with van der Waals surface area (Å²) in [6, 6.07) is 10.3. The minimum atomic E-state index is -0.967. The standard InChI is InChI=1S/C22H20F2N4O2/c1-3-30-18-10-14(11-26-21(18)29)20-27-13(2)22(28-20,15-4-7-17(23)8-5-15)16-6-9-19(24)25-12-16/h4-13H,3H2,1-2H3,(H,26,29)(H,27,28)/t13-,22+/m0/s1. The van der Waals surface area contributed by atoms with Gasteiger partial charge in [0, 0.05) is 23.5 Å². The van der Waals surface area contributed by atoms with Gasteiger partial charge in [-0.15, -0.1) is 0 Å². The summed E-state index contributed by atoms with van der Waals surface area (Å²) in [6.07, 6.45) is 2.98. The van der Waals surface area contributed by atoms with Crippen LogP contribution in [-0.2, 0) is 5.54 Å². The van der Waals surface area contributed by atoms with Gasteiger partial charge in [-0.3, -0.25) is 4.79 Å². The molecule has 30 heavy (non-hydrogen) atoms. The summed E-state index contributed by atoms with van der Waals surface area (Å²) in [7, 11) is 0. The Balaban J connectivity index is 1.89. The number of halogens is 2. The molecule has 1 aliphatic heterocycles. The van der Waals surface area contributed by atoms with Crippen LogP contribution in [0.15, 0.2) is 64.6 Å². The number of pyridine rings is 2. The van der Waals surface area contributed by atoms with Crippen LogP contribution >= 0.6 is 0 Å². The number of nitrogens with zero attached hydrogens (tertiary/aromatic N) is 2. The molecule has 4 rings (SSSR count).